The largest absolute Gasteiger partial charge is 0.392 e. The molecule has 174 valence electrons. The van der Waals surface area contributed by atoms with Gasteiger partial charge in [0.1, 0.15) is 17.3 Å². The van der Waals surface area contributed by atoms with Crippen LogP contribution in [-0.2, 0) is 26.7 Å². The maximum Gasteiger partial charge on any atom is 0.270 e. The molecule has 2 N–H and O–H groups in total. The van der Waals surface area contributed by atoms with Crippen molar-refractivity contribution in [1.29, 1.82) is 0 Å². The van der Waals surface area contributed by atoms with Crippen molar-refractivity contribution in [1.82, 2.24) is 29.2 Å². The smallest absolute Gasteiger partial charge is 0.270 e. The zero-order chi connectivity index (χ0) is 23.8. The van der Waals surface area contributed by atoms with Crippen LogP contribution in [0, 0.1) is 12.7 Å². The van der Waals surface area contributed by atoms with Crippen molar-refractivity contribution in [2.24, 2.45) is 7.05 Å². The summed E-state index contributed by atoms with van der Waals surface area (Å²) < 4.78 is 17.4. The Morgan fingerprint density at radius 3 is 2.79 bits per heavy atom. The fourth-order valence-corrected chi connectivity index (χ4v) is 4.15. The van der Waals surface area contributed by atoms with Crippen molar-refractivity contribution in [3.63, 3.8) is 0 Å². The van der Waals surface area contributed by atoms with E-state index in [0.29, 0.717) is 35.9 Å². The van der Waals surface area contributed by atoms with Gasteiger partial charge in [0, 0.05) is 50.7 Å². The number of aromatic nitrogens is 5. The number of hydrogen-bond donors (Lipinski definition) is 2. The Hall–Kier alpha value is -4.05. The minimum atomic E-state index is -0.392. The summed E-state index contributed by atoms with van der Waals surface area (Å²) in [6.07, 6.45) is 5.35. The summed E-state index contributed by atoms with van der Waals surface area (Å²) in [7, 11) is 1.82. The number of rotatable bonds is 6. The van der Waals surface area contributed by atoms with Crippen LogP contribution in [0.1, 0.15) is 27.2 Å². The third kappa shape index (κ3) is 4.03. The van der Waals surface area contributed by atoms with Gasteiger partial charge in [-0.2, -0.15) is 5.10 Å². The number of carbonyl (C=O) groups excluding carboxylic acids is 1. The first kappa shape index (κ1) is 21.8. The first-order valence-corrected chi connectivity index (χ1v) is 10.9. The van der Waals surface area contributed by atoms with Gasteiger partial charge in [0.05, 0.1) is 18.5 Å². The Labute approximate surface area is 195 Å². The van der Waals surface area contributed by atoms with E-state index in [0.717, 1.165) is 22.6 Å². The van der Waals surface area contributed by atoms with E-state index < -0.39 is 5.82 Å². The number of amides is 1. The molecule has 0 saturated heterocycles. The Balaban J connectivity index is 1.41. The second-order valence-electron chi connectivity index (χ2n) is 8.30. The molecule has 1 aliphatic heterocycles. The number of anilines is 2. The second-order valence-corrected chi connectivity index (χ2v) is 8.30. The Bertz CT molecular complexity index is 1380. The number of aliphatic hydroxyl groups excluding tert-OH is 1. The van der Waals surface area contributed by atoms with E-state index in [1.54, 1.807) is 28.0 Å². The van der Waals surface area contributed by atoms with Crippen molar-refractivity contribution in [3.8, 4) is 11.3 Å². The summed E-state index contributed by atoms with van der Waals surface area (Å²) in [5.41, 5.74) is 4.20. The van der Waals surface area contributed by atoms with Crippen LogP contribution in [0.25, 0.3) is 11.3 Å². The van der Waals surface area contributed by atoms with Crippen LogP contribution in [0.5, 0.6) is 0 Å². The first-order valence-electron chi connectivity index (χ1n) is 10.9. The van der Waals surface area contributed by atoms with Gasteiger partial charge in [0.15, 0.2) is 0 Å². The highest BCUT2D eigenvalue weighted by Crippen LogP contribution is 2.28. The summed E-state index contributed by atoms with van der Waals surface area (Å²) in [6.45, 7) is 3.04. The Morgan fingerprint density at radius 1 is 1.18 bits per heavy atom. The highest BCUT2D eigenvalue weighted by atomic mass is 19.1. The van der Waals surface area contributed by atoms with E-state index in [1.807, 2.05) is 36.9 Å². The van der Waals surface area contributed by atoms with E-state index >= 15 is 0 Å². The molecule has 34 heavy (non-hydrogen) atoms. The number of hydrogen-bond acceptors (Lipinski definition) is 6. The van der Waals surface area contributed by atoms with Crippen molar-refractivity contribution >= 4 is 17.7 Å². The van der Waals surface area contributed by atoms with Gasteiger partial charge in [-0.3, -0.25) is 9.48 Å². The molecule has 3 aromatic heterocycles. The van der Waals surface area contributed by atoms with Gasteiger partial charge in [0.2, 0.25) is 5.95 Å². The molecule has 9 nitrogen and oxygen atoms in total. The number of aliphatic hydroxyl groups is 1. The lowest BCUT2D eigenvalue weighted by Gasteiger charge is -2.29. The van der Waals surface area contributed by atoms with Crippen LogP contribution in [0.4, 0.5) is 16.2 Å². The average molecular weight is 462 g/mol. The quantitative estimate of drug-likeness (QED) is 0.458. The normalized spacial score (nSPS) is 13.3. The molecule has 0 saturated carbocycles. The lowest BCUT2D eigenvalue weighted by atomic mass is 10.1. The summed E-state index contributed by atoms with van der Waals surface area (Å²) in [6, 6.07) is 7.89. The number of nitrogens with zero attached hydrogens (tertiary/aromatic N) is 6. The van der Waals surface area contributed by atoms with E-state index in [9.17, 15) is 14.3 Å². The molecular formula is C24H24FN7O2. The average Bonchev–Trinajstić information content (AvgIpc) is 3.44. The third-order valence-corrected chi connectivity index (χ3v) is 6.02. The molecule has 1 aromatic carbocycles. The predicted molar refractivity (Wildman–Crippen MR) is 124 cm³/mol. The van der Waals surface area contributed by atoms with Crippen LogP contribution in [0.15, 0.2) is 48.9 Å². The molecule has 4 aromatic rings. The van der Waals surface area contributed by atoms with E-state index in [2.05, 4.69) is 20.4 Å². The molecular weight excluding hydrogens is 437 g/mol. The number of halogens is 1. The van der Waals surface area contributed by atoms with Crippen LogP contribution in [0.3, 0.4) is 0 Å². The fraction of sp³-hybridized carbons (Fsp3) is 0.250. The number of fused-ring (bicyclic) bond motifs is 1. The molecule has 5 rings (SSSR count). The summed E-state index contributed by atoms with van der Waals surface area (Å²) in [5.74, 6) is 0.656. The van der Waals surface area contributed by atoms with Gasteiger partial charge in [-0.15, -0.1) is 0 Å². The fourth-order valence-electron chi connectivity index (χ4n) is 4.15. The van der Waals surface area contributed by atoms with Gasteiger partial charge in [-0.1, -0.05) is 6.07 Å². The van der Waals surface area contributed by atoms with Crippen molar-refractivity contribution in [2.45, 2.75) is 26.6 Å². The van der Waals surface area contributed by atoms with E-state index in [1.165, 1.54) is 12.1 Å². The Kier molecular flexibility index (Phi) is 5.58. The minimum Gasteiger partial charge on any atom is -0.392 e. The molecule has 0 unspecified atom stereocenters. The van der Waals surface area contributed by atoms with Crippen molar-refractivity contribution in [2.75, 3.05) is 11.9 Å². The topological polar surface area (TPSA) is 101 Å². The summed E-state index contributed by atoms with van der Waals surface area (Å²) in [4.78, 5) is 24.0. The lowest BCUT2D eigenvalue weighted by Crippen LogP contribution is -2.39. The maximum atomic E-state index is 13.8. The second kappa shape index (κ2) is 8.71. The van der Waals surface area contributed by atoms with Gasteiger partial charge in [0.25, 0.3) is 5.91 Å². The van der Waals surface area contributed by atoms with Gasteiger partial charge >= 0.3 is 0 Å². The van der Waals surface area contributed by atoms with E-state index in [4.69, 9.17) is 0 Å². The van der Waals surface area contributed by atoms with Crippen molar-refractivity contribution < 1.29 is 14.3 Å². The number of aryl methyl sites for hydroxylation is 2. The zero-order valence-electron chi connectivity index (χ0n) is 18.9. The number of nitrogens with one attached hydrogen (secondary N) is 1. The number of benzene rings is 1. The Morgan fingerprint density at radius 2 is 2.03 bits per heavy atom. The molecule has 0 aliphatic carbocycles. The monoisotopic (exact) mass is 461 g/mol. The highest BCUT2D eigenvalue weighted by Gasteiger charge is 2.27. The van der Waals surface area contributed by atoms with Crippen molar-refractivity contribution in [3.05, 3.63) is 77.1 Å². The lowest BCUT2D eigenvalue weighted by molar-refractivity contribution is 0.0689. The van der Waals surface area contributed by atoms with Gasteiger partial charge < -0.3 is 19.9 Å². The molecule has 0 spiro atoms. The molecule has 1 amide bonds. The van der Waals surface area contributed by atoms with E-state index in [-0.39, 0.29) is 19.1 Å². The van der Waals surface area contributed by atoms with Crippen LogP contribution in [0.2, 0.25) is 0 Å². The maximum absolute atomic E-state index is 13.8. The summed E-state index contributed by atoms with van der Waals surface area (Å²) >= 11 is 0. The third-order valence-electron chi connectivity index (χ3n) is 6.02. The van der Waals surface area contributed by atoms with Crippen LogP contribution >= 0.6 is 0 Å². The molecule has 4 heterocycles. The molecule has 0 bridgehead atoms. The van der Waals surface area contributed by atoms with Gasteiger partial charge in [-0.25, -0.2) is 14.4 Å². The molecule has 10 heteroatoms. The standard InChI is InChI=1S/C24H24FN7O2/c1-15-11-26-24(28-21-5-6-27-30(21)2)29-22(15)18-10-20-23(34)32(8-7-31(20)13-18)12-17-9-19(25)4-3-16(17)14-33/h3-6,9-11,13,33H,7-8,12,14H2,1-2H3,(H,26,28,29). The van der Waals surface area contributed by atoms with Crippen LogP contribution in [-0.4, -0.2) is 46.8 Å². The SMILES string of the molecule is Cc1cnc(Nc2ccnn2C)nc1-c1cc2n(c1)CCN(Cc1cc(F)ccc1CO)C2=O. The predicted octanol–water partition coefficient (Wildman–Crippen LogP) is 3.02. The minimum absolute atomic E-state index is 0.148. The molecule has 0 radical (unpaired) electrons. The van der Waals surface area contributed by atoms with Crippen LogP contribution < -0.4 is 5.32 Å². The first-order chi connectivity index (χ1) is 16.4. The van der Waals surface area contributed by atoms with Gasteiger partial charge in [-0.05, 0) is 41.8 Å². The zero-order valence-corrected chi connectivity index (χ0v) is 18.9. The molecule has 0 atom stereocenters. The summed E-state index contributed by atoms with van der Waals surface area (Å²) in [5, 5.41) is 16.9. The number of carbonyl (C=O) groups is 1. The highest BCUT2D eigenvalue weighted by molar-refractivity contribution is 5.95. The molecule has 0 fully saturated rings. The molecule has 1 aliphatic rings.